The summed E-state index contributed by atoms with van der Waals surface area (Å²) in [5.41, 5.74) is 3.45. The lowest BCUT2D eigenvalue weighted by Gasteiger charge is -2.27. The van der Waals surface area contributed by atoms with Gasteiger partial charge in [-0.25, -0.2) is 0 Å². The number of amides is 2. The van der Waals surface area contributed by atoms with Gasteiger partial charge in [-0.2, -0.15) is 0 Å². The Bertz CT molecular complexity index is 836. The first-order valence-corrected chi connectivity index (χ1v) is 9.38. The Labute approximate surface area is 153 Å². The first-order valence-electron chi connectivity index (χ1n) is 9.38. The highest BCUT2D eigenvalue weighted by Gasteiger charge is 2.25. The second-order valence-electron chi connectivity index (χ2n) is 7.15. The highest BCUT2D eigenvalue weighted by atomic mass is 16.5. The number of fused-ring (bicyclic) bond motifs is 3. The molecule has 1 fully saturated rings. The van der Waals surface area contributed by atoms with Crippen LogP contribution in [0.2, 0.25) is 0 Å². The second kappa shape index (κ2) is 7.02. The summed E-state index contributed by atoms with van der Waals surface area (Å²) >= 11 is 0. The molecule has 0 spiro atoms. The van der Waals surface area contributed by atoms with Crippen LogP contribution < -0.4 is 4.74 Å². The van der Waals surface area contributed by atoms with Crippen LogP contribution in [0.5, 0.6) is 5.75 Å². The van der Waals surface area contributed by atoms with Crippen LogP contribution in [0.15, 0.2) is 18.2 Å². The molecule has 0 saturated carbocycles. The highest BCUT2D eigenvalue weighted by molar-refractivity contribution is 5.88. The van der Waals surface area contributed by atoms with E-state index in [4.69, 9.17) is 4.74 Å². The Morgan fingerprint density at radius 1 is 1.08 bits per heavy atom. The van der Waals surface area contributed by atoms with E-state index in [2.05, 4.69) is 4.98 Å². The molecule has 2 amide bonds. The maximum Gasteiger partial charge on any atom is 0.223 e. The van der Waals surface area contributed by atoms with Gasteiger partial charge in [0.25, 0.3) is 0 Å². The zero-order valence-corrected chi connectivity index (χ0v) is 15.2. The van der Waals surface area contributed by atoms with Crippen molar-refractivity contribution in [2.45, 2.75) is 38.6 Å². The molecule has 0 aliphatic carbocycles. The molecule has 138 valence electrons. The minimum Gasteiger partial charge on any atom is -0.497 e. The molecule has 1 aromatic heterocycles. The number of aromatic amines is 1. The smallest absolute Gasteiger partial charge is 0.223 e. The van der Waals surface area contributed by atoms with E-state index in [1.165, 1.54) is 11.3 Å². The Morgan fingerprint density at radius 2 is 1.81 bits per heavy atom. The van der Waals surface area contributed by atoms with Gasteiger partial charge in [-0.3, -0.25) is 9.59 Å². The fourth-order valence-corrected chi connectivity index (χ4v) is 4.03. The normalized spacial score (nSPS) is 16.8. The van der Waals surface area contributed by atoms with E-state index >= 15 is 0 Å². The summed E-state index contributed by atoms with van der Waals surface area (Å²) < 4.78 is 5.33. The van der Waals surface area contributed by atoms with E-state index in [0.29, 0.717) is 25.9 Å². The van der Waals surface area contributed by atoms with E-state index in [-0.39, 0.29) is 11.8 Å². The van der Waals surface area contributed by atoms with Crippen LogP contribution in [0.1, 0.15) is 36.9 Å². The van der Waals surface area contributed by atoms with E-state index in [1.54, 1.807) is 7.11 Å². The molecule has 1 saturated heterocycles. The average molecular weight is 355 g/mol. The van der Waals surface area contributed by atoms with Crippen molar-refractivity contribution in [3.8, 4) is 5.75 Å². The van der Waals surface area contributed by atoms with Crippen molar-refractivity contribution in [1.29, 1.82) is 0 Å². The standard InChI is InChI=1S/C20H25N3O3/c1-26-14-4-5-17-15(12-14)16-13-23(11-8-18(16)21-17)20(25)7-6-19(24)22-9-2-3-10-22/h4-5,12,21H,2-3,6-11,13H2,1H3. The van der Waals surface area contributed by atoms with Gasteiger partial charge in [-0.05, 0) is 31.0 Å². The van der Waals surface area contributed by atoms with Gasteiger partial charge in [0.15, 0.2) is 0 Å². The number of benzene rings is 1. The minimum atomic E-state index is 0.0699. The van der Waals surface area contributed by atoms with E-state index in [9.17, 15) is 9.59 Å². The zero-order valence-electron chi connectivity index (χ0n) is 15.2. The number of aromatic nitrogens is 1. The van der Waals surface area contributed by atoms with Crippen molar-refractivity contribution in [3.05, 3.63) is 29.5 Å². The van der Waals surface area contributed by atoms with Crippen molar-refractivity contribution in [2.75, 3.05) is 26.7 Å². The summed E-state index contributed by atoms with van der Waals surface area (Å²) in [6.07, 6.45) is 3.61. The number of methoxy groups -OCH3 is 1. The van der Waals surface area contributed by atoms with Gasteiger partial charge in [-0.1, -0.05) is 0 Å². The van der Waals surface area contributed by atoms with Crippen LogP contribution in [0.25, 0.3) is 10.9 Å². The third-order valence-electron chi connectivity index (χ3n) is 5.55. The number of rotatable bonds is 4. The van der Waals surface area contributed by atoms with Crippen molar-refractivity contribution < 1.29 is 14.3 Å². The predicted octanol–water partition coefficient (Wildman–Crippen LogP) is 2.46. The van der Waals surface area contributed by atoms with Crippen molar-refractivity contribution in [1.82, 2.24) is 14.8 Å². The molecule has 4 rings (SSSR count). The number of nitrogens with one attached hydrogen (secondary N) is 1. The first kappa shape index (κ1) is 16.9. The third-order valence-corrected chi connectivity index (χ3v) is 5.55. The molecule has 0 radical (unpaired) electrons. The number of carbonyl (C=O) groups is 2. The summed E-state index contributed by atoms with van der Waals surface area (Å²) in [4.78, 5) is 32.0. The van der Waals surface area contributed by atoms with Gasteiger partial charge < -0.3 is 19.5 Å². The van der Waals surface area contributed by atoms with Gasteiger partial charge >= 0.3 is 0 Å². The fraction of sp³-hybridized carbons (Fsp3) is 0.500. The molecule has 2 aromatic rings. The molecule has 0 bridgehead atoms. The van der Waals surface area contributed by atoms with Gasteiger partial charge in [-0.15, -0.1) is 0 Å². The summed E-state index contributed by atoms with van der Waals surface area (Å²) in [5, 5.41) is 1.12. The van der Waals surface area contributed by atoms with Gasteiger partial charge in [0.1, 0.15) is 5.75 Å². The molecule has 1 aromatic carbocycles. The SMILES string of the molecule is COc1ccc2[nH]c3c(c2c1)CN(C(=O)CCC(=O)N1CCCC1)CC3. The van der Waals surface area contributed by atoms with Gasteiger partial charge in [0.05, 0.1) is 7.11 Å². The Morgan fingerprint density at radius 3 is 2.54 bits per heavy atom. The van der Waals surface area contributed by atoms with Crippen LogP contribution in [-0.2, 0) is 22.6 Å². The largest absolute Gasteiger partial charge is 0.497 e. The van der Waals surface area contributed by atoms with Crippen LogP contribution >= 0.6 is 0 Å². The number of carbonyl (C=O) groups excluding carboxylic acids is 2. The predicted molar refractivity (Wildman–Crippen MR) is 99.0 cm³/mol. The molecular formula is C20H25N3O3. The molecule has 1 N–H and O–H groups in total. The van der Waals surface area contributed by atoms with Gasteiger partial charge in [0, 0.05) is 67.6 Å². The molecular weight excluding hydrogens is 330 g/mol. The summed E-state index contributed by atoms with van der Waals surface area (Å²) in [7, 11) is 1.66. The molecule has 0 unspecified atom stereocenters. The number of H-pyrrole nitrogens is 1. The van der Waals surface area contributed by atoms with Crippen molar-refractivity contribution in [2.24, 2.45) is 0 Å². The van der Waals surface area contributed by atoms with E-state index < -0.39 is 0 Å². The molecule has 2 aliphatic heterocycles. The Kier molecular flexibility index (Phi) is 4.57. The molecule has 2 aliphatic rings. The Hall–Kier alpha value is -2.50. The summed E-state index contributed by atoms with van der Waals surface area (Å²) in [5.74, 6) is 1.00. The lowest BCUT2D eigenvalue weighted by atomic mass is 10.0. The molecule has 3 heterocycles. The lowest BCUT2D eigenvalue weighted by molar-refractivity contribution is -0.137. The average Bonchev–Trinajstić information content (AvgIpc) is 3.32. The zero-order chi connectivity index (χ0) is 18.1. The summed E-state index contributed by atoms with van der Waals surface area (Å²) in [6.45, 7) is 2.99. The topological polar surface area (TPSA) is 65.6 Å². The molecule has 6 heteroatoms. The monoisotopic (exact) mass is 355 g/mol. The van der Waals surface area contributed by atoms with E-state index in [0.717, 1.165) is 49.0 Å². The quantitative estimate of drug-likeness (QED) is 0.916. The van der Waals surface area contributed by atoms with Crippen molar-refractivity contribution in [3.63, 3.8) is 0 Å². The maximum atomic E-state index is 12.6. The maximum absolute atomic E-state index is 12.6. The van der Waals surface area contributed by atoms with Crippen LogP contribution in [0.4, 0.5) is 0 Å². The fourth-order valence-electron chi connectivity index (χ4n) is 4.03. The second-order valence-corrected chi connectivity index (χ2v) is 7.15. The lowest BCUT2D eigenvalue weighted by Crippen LogP contribution is -2.36. The number of hydrogen-bond donors (Lipinski definition) is 1. The van der Waals surface area contributed by atoms with Crippen LogP contribution in [0.3, 0.4) is 0 Å². The number of likely N-dealkylation sites (tertiary alicyclic amines) is 1. The third kappa shape index (κ3) is 3.16. The number of ether oxygens (including phenoxy) is 1. The number of hydrogen-bond acceptors (Lipinski definition) is 3. The van der Waals surface area contributed by atoms with Crippen LogP contribution in [-0.4, -0.2) is 53.3 Å². The summed E-state index contributed by atoms with van der Waals surface area (Å²) in [6, 6.07) is 5.99. The Balaban J connectivity index is 1.43. The molecule has 6 nitrogen and oxygen atoms in total. The van der Waals surface area contributed by atoms with Crippen LogP contribution in [0, 0.1) is 0 Å². The highest BCUT2D eigenvalue weighted by Crippen LogP contribution is 2.30. The molecule has 0 atom stereocenters. The minimum absolute atomic E-state index is 0.0699. The first-order chi connectivity index (χ1) is 12.7. The molecule has 26 heavy (non-hydrogen) atoms. The van der Waals surface area contributed by atoms with Crippen molar-refractivity contribution >= 4 is 22.7 Å². The number of nitrogens with zero attached hydrogens (tertiary/aromatic N) is 2. The van der Waals surface area contributed by atoms with E-state index in [1.807, 2.05) is 28.0 Å². The van der Waals surface area contributed by atoms with Gasteiger partial charge in [0.2, 0.25) is 11.8 Å².